The molecule has 0 aliphatic carbocycles. The van der Waals surface area contributed by atoms with E-state index in [2.05, 4.69) is 53.8 Å². The van der Waals surface area contributed by atoms with Crippen molar-refractivity contribution in [1.82, 2.24) is 0 Å². The molecule has 0 aromatic heterocycles. The van der Waals surface area contributed by atoms with E-state index in [4.69, 9.17) is 0 Å². The summed E-state index contributed by atoms with van der Waals surface area (Å²) in [4.78, 5) is 0. The van der Waals surface area contributed by atoms with Crippen molar-refractivity contribution in [1.29, 1.82) is 0 Å². The Labute approximate surface area is 94.7 Å². The van der Waals surface area contributed by atoms with Crippen LogP contribution in [0.2, 0.25) is 0 Å². The van der Waals surface area contributed by atoms with Gasteiger partial charge < -0.3 is 0 Å². The van der Waals surface area contributed by atoms with Gasteiger partial charge in [-0.3, -0.25) is 0 Å². The quantitative estimate of drug-likeness (QED) is 0.447. The molecule has 0 saturated carbocycles. The van der Waals surface area contributed by atoms with E-state index in [1.54, 1.807) is 0 Å². The number of hydrogen-bond donors (Lipinski definition) is 0. The van der Waals surface area contributed by atoms with Gasteiger partial charge in [-0.15, -0.1) is 0 Å². The largest absolute Gasteiger partial charge is 2.00 e. The van der Waals surface area contributed by atoms with E-state index in [1.165, 1.54) is 22.0 Å². The third-order valence-corrected chi connectivity index (χ3v) is 2.04. The first kappa shape index (κ1) is 11.6. The summed E-state index contributed by atoms with van der Waals surface area (Å²) < 4.78 is 1.21. The van der Waals surface area contributed by atoms with Crippen molar-refractivity contribution in [3.8, 4) is 0 Å². The van der Waals surface area contributed by atoms with Crippen LogP contribution in [0.1, 0.15) is 11.1 Å². The summed E-state index contributed by atoms with van der Waals surface area (Å²) in [7, 11) is 0. The minimum absolute atomic E-state index is 0. The zero-order valence-corrected chi connectivity index (χ0v) is 11.9. The summed E-state index contributed by atoms with van der Waals surface area (Å²) in [5.41, 5.74) is 2.79. The molecule has 0 saturated heterocycles. The monoisotopic (exact) mass is 310 g/mol. The zero-order valence-electron chi connectivity index (χ0n) is 6.81. The van der Waals surface area contributed by atoms with Gasteiger partial charge in [0.25, 0.3) is 0 Å². The van der Waals surface area contributed by atoms with Gasteiger partial charge in [0.2, 0.25) is 0 Å². The van der Waals surface area contributed by atoms with E-state index < -0.39 is 0 Å². The van der Waals surface area contributed by atoms with Crippen molar-refractivity contribution in [2.75, 3.05) is 4.43 Å². The number of rotatable bonds is 2. The van der Waals surface area contributed by atoms with Crippen LogP contribution in [0.4, 0.5) is 0 Å². The summed E-state index contributed by atoms with van der Waals surface area (Å²) in [5.74, 6) is 0. The van der Waals surface area contributed by atoms with E-state index in [1.807, 2.05) is 0 Å². The molecule has 0 aliphatic rings. The van der Waals surface area contributed by atoms with E-state index in [0.717, 1.165) is 0 Å². The van der Waals surface area contributed by atoms with Gasteiger partial charge >= 0.3 is 19.5 Å². The molecule has 0 unspecified atom stereocenters. The number of alkyl halides is 1. The van der Waals surface area contributed by atoms with Crippen LogP contribution in [0.25, 0.3) is 0 Å². The second-order valence-electron chi connectivity index (χ2n) is 2.42. The molecule has 54 valence electrons. The Bertz CT molecular complexity index is 193. The fourth-order valence-electron chi connectivity index (χ4n) is 0.864. The first-order valence-electron chi connectivity index (χ1n) is 3.44. The summed E-state index contributed by atoms with van der Waals surface area (Å²) >= 11 is 2.40. The molecule has 0 N–H and O–H groups in total. The molecule has 2 heteroatoms. The fourth-order valence-corrected chi connectivity index (χ4v) is 1.49. The summed E-state index contributed by atoms with van der Waals surface area (Å²) in [6.45, 7) is 2.12. The van der Waals surface area contributed by atoms with Crippen molar-refractivity contribution >= 4 is 22.6 Å². The van der Waals surface area contributed by atoms with Gasteiger partial charge in [0.05, 0.1) is 0 Å². The normalized spacial score (nSPS) is 8.91. The van der Waals surface area contributed by atoms with Crippen LogP contribution < -0.4 is 0 Å². The van der Waals surface area contributed by atoms with Gasteiger partial charge in [0, 0.05) is 4.43 Å². The first-order valence-corrected chi connectivity index (χ1v) is 4.97. The molecule has 0 heterocycles. The first-order chi connectivity index (χ1) is 4.83. The molecule has 1 aromatic carbocycles. The van der Waals surface area contributed by atoms with Crippen molar-refractivity contribution in [2.24, 2.45) is 0 Å². The van der Waals surface area contributed by atoms with E-state index in [0.29, 0.717) is 0 Å². The molecule has 0 atom stereocenters. The molecule has 0 spiro atoms. The van der Waals surface area contributed by atoms with Gasteiger partial charge in [-0.1, -0.05) is 52.4 Å². The van der Waals surface area contributed by atoms with Crippen LogP contribution in [-0.2, 0) is 25.9 Å². The standard InChI is InChI=1S/C9H11I.Zn/c1-8-2-4-9(5-3-8)6-7-10;/h2-5H,6-7H2,1H3;/q;+2. The Morgan fingerprint density at radius 3 is 2.18 bits per heavy atom. The van der Waals surface area contributed by atoms with Crippen LogP contribution in [0.5, 0.6) is 0 Å². The van der Waals surface area contributed by atoms with Gasteiger partial charge in [-0.25, -0.2) is 0 Å². The van der Waals surface area contributed by atoms with Crippen molar-refractivity contribution < 1.29 is 19.5 Å². The van der Waals surface area contributed by atoms with Crippen LogP contribution in [0, 0.1) is 6.92 Å². The van der Waals surface area contributed by atoms with Gasteiger partial charge in [0.15, 0.2) is 0 Å². The fraction of sp³-hybridized carbons (Fsp3) is 0.333. The SMILES string of the molecule is Cc1ccc(CCI)cc1.[Zn+2]. The molecular weight excluding hydrogens is 300 g/mol. The summed E-state index contributed by atoms with van der Waals surface area (Å²) in [6, 6.07) is 8.74. The Hall–Kier alpha value is 0.573. The third-order valence-electron chi connectivity index (χ3n) is 1.50. The molecule has 0 nitrogen and oxygen atoms in total. The maximum absolute atomic E-state index is 2.40. The average molecular weight is 311 g/mol. The van der Waals surface area contributed by atoms with Crippen molar-refractivity contribution in [3.63, 3.8) is 0 Å². The van der Waals surface area contributed by atoms with Crippen molar-refractivity contribution in [3.05, 3.63) is 35.4 Å². The number of hydrogen-bond acceptors (Lipinski definition) is 0. The molecule has 1 rings (SSSR count). The van der Waals surface area contributed by atoms with Crippen molar-refractivity contribution in [2.45, 2.75) is 13.3 Å². The molecule has 0 bridgehead atoms. The van der Waals surface area contributed by atoms with Gasteiger partial charge in [-0.05, 0) is 18.9 Å². The number of halogens is 1. The predicted octanol–water partition coefficient (Wildman–Crippen LogP) is 2.97. The Kier molecular flexibility index (Phi) is 6.45. The van der Waals surface area contributed by atoms with Crippen LogP contribution >= 0.6 is 22.6 Å². The van der Waals surface area contributed by atoms with E-state index >= 15 is 0 Å². The molecule has 11 heavy (non-hydrogen) atoms. The predicted molar refractivity (Wildman–Crippen MR) is 53.8 cm³/mol. The summed E-state index contributed by atoms with van der Waals surface area (Å²) in [5, 5.41) is 0. The Balaban J connectivity index is 0.000001000. The van der Waals surface area contributed by atoms with Crippen LogP contribution in [0.15, 0.2) is 24.3 Å². The maximum atomic E-state index is 2.40. The molecule has 0 radical (unpaired) electrons. The smallest absolute Gasteiger partial charge is 0.0860 e. The number of benzene rings is 1. The molecular formula is C9H11IZn+2. The second-order valence-corrected chi connectivity index (χ2v) is 3.50. The topological polar surface area (TPSA) is 0 Å². The number of aryl methyl sites for hydroxylation is 2. The van der Waals surface area contributed by atoms with Crippen LogP contribution in [-0.4, -0.2) is 4.43 Å². The van der Waals surface area contributed by atoms with E-state index in [-0.39, 0.29) is 19.5 Å². The van der Waals surface area contributed by atoms with Gasteiger partial charge in [0.1, 0.15) is 0 Å². The van der Waals surface area contributed by atoms with Gasteiger partial charge in [-0.2, -0.15) is 0 Å². The van der Waals surface area contributed by atoms with E-state index in [9.17, 15) is 0 Å². The zero-order chi connectivity index (χ0) is 7.40. The Morgan fingerprint density at radius 2 is 1.73 bits per heavy atom. The second kappa shape index (κ2) is 6.13. The average Bonchev–Trinajstić information content (AvgIpc) is 1.95. The molecule has 1 aromatic rings. The molecule has 0 aliphatic heterocycles. The molecule has 0 amide bonds. The maximum Gasteiger partial charge on any atom is 2.00 e. The third kappa shape index (κ3) is 4.22. The van der Waals surface area contributed by atoms with Crippen LogP contribution in [0.3, 0.4) is 0 Å². The minimum atomic E-state index is 0. The Morgan fingerprint density at radius 1 is 1.18 bits per heavy atom. The summed E-state index contributed by atoms with van der Waals surface area (Å²) in [6.07, 6.45) is 1.20. The minimum Gasteiger partial charge on any atom is -0.0860 e. The molecule has 0 fully saturated rings.